The van der Waals surface area contributed by atoms with E-state index in [4.69, 9.17) is 0 Å². The highest BCUT2D eigenvalue weighted by molar-refractivity contribution is 5.50. The molecule has 0 saturated carbocycles. The fourth-order valence-corrected chi connectivity index (χ4v) is 1.57. The summed E-state index contributed by atoms with van der Waals surface area (Å²) in [5.41, 5.74) is 2.51. The van der Waals surface area contributed by atoms with Crippen molar-refractivity contribution in [2.45, 2.75) is 26.4 Å². The van der Waals surface area contributed by atoms with Gasteiger partial charge in [0.2, 0.25) is 0 Å². The standard InChI is InChI=1S/C10H13N3O/c1-7(2)9-8(6-14)10-11-4-3-5-13(10)12-9/h3-5,7,14H,6H2,1-2H3. The third-order valence-electron chi connectivity index (χ3n) is 2.23. The molecule has 0 radical (unpaired) electrons. The van der Waals surface area contributed by atoms with Gasteiger partial charge in [0.05, 0.1) is 12.3 Å². The van der Waals surface area contributed by atoms with Crippen molar-refractivity contribution in [2.24, 2.45) is 0 Å². The Kier molecular flexibility index (Phi) is 2.21. The third-order valence-corrected chi connectivity index (χ3v) is 2.23. The van der Waals surface area contributed by atoms with Crippen LogP contribution in [0.5, 0.6) is 0 Å². The molecule has 2 heterocycles. The van der Waals surface area contributed by atoms with Crippen molar-refractivity contribution in [3.05, 3.63) is 29.7 Å². The molecule has 0 aromatic carbocycles. The topological polar surface area (TPSA) is 50.4 Å². The summed E-state index contributed by atoms with van der Waals surface area (Å²) in [5, 5.41) is 13.6. The highest BCUT2D eigenvalue weighted by Crippen LogP contribution is 2.20. The van der Waals surface area contributed by atoms with Crippen molar-refractivity contribution in [2.75, 3.05) is 0 Å². The Morgan fingerprint density at radius 1 is 1.50 bits per heavy atom. The minimum absolute atomic E-state index is 0.00593. The van der Waals surface area contributed by atoms with E-state index in [-0.39, 0.29) is 6.61 Å². The molecule has 14 heavy (non-hydrogen) atoms. The Balaban J connectivity index is 2.72. The Labute approximate surface area is 82.2 Å². The van der Waals surface area contributed by atoms with Crippen molar-refractivity contribution in [1.29, 1.82) is 0 Å². The number of aliphatic hydroxyl groups is 1. The maximum atomic E-state index is 9.26. The molecule has 0 aliphatic carbocycles. The Bertz CT molecular complexity index is 448. The SMILES string of the molecule is CC(C)c1nn2cccnc2c1CO. The van der Waals surface area contributed by atoms with E-state index >= 15 is 0 Å². The maximum Gasteiger partial charge on any atom is 0.160 e. The van der Waals surface area contributed by atoms with Crippen LogP contribution < -0.4 is 0 Å². The fourth-order valence-electron chi connectivity index (χ4n) is 1.57. The van der Waals surface area contributed by atoms with Crippen molar-refractivity contribution in [3.63, 3.8) is 0 Å². The smallest absolute Gasteiger partial charge is 0.160 e. The largest absolute Gasteiger partial charge is 0.391 e. The molecule has 2 aromatic heterocycles. The van der Waals surface area contributed by atoms with Gasteiger partial charge in [0.25, 0.3) is 0 Å². The summed E-state index contributed by atoms with van der Waals surface area (Å²) in [6.45, 7) is 4.11. The van der Waals surface area contributed by atoms with Gasteiger partial charge in [0.1, 0.15) is 0 Å². The molecule has 0 fully saturated rings. The van der Waals surface area contributed by atoms with Gasteiger partial charge in [-0.05, 0) is 12.0 Å². The molecular weight excluding hydrogens is 178 g/mol. The molecule has 4 nitrogen and oxygen atoms in total. The molecular formula is C10H13N3O. The van der Waals surface area contributed by atoms with E-state index in [1.165, 1.54) is 0 Å². The van der Waals surface area contributed by atoms with Crippen LogP contribution in [0.1, 0.15) is 31.0 Å². The quantitative estimate of drug-likeness (QED) is 0.779. The predicted molar refractivity (Wildman–Crippen MR) is 53.0 cm³/mol. The molecule has 0 amide bonds. The fraction of sp³-hybridized carbons (Fsp3) is 0.400. The normalized spacial score (nSPS) is 11.4. The van der Waals surface area contributed by atoms with Gasteiger partial charge >= 0.3 is 0 Å². The number of hydrogen-bond donors (Lipinski definition) is 1. The van der Waals surface area contributed by atoms with Gasteiger partial charge in [0.15, 0.2) is 5.65 Å². The van der Waals surface area contributed by atoms with E-state index in [0.717, 1.165) is 16.9 Å². The lowest BCUT2D eigenvalue weighted by molar-refractivity contribution is 0.281. The zero-order chi connectivity index (χ0) is 10.1. The number of aliphatic hydroxyl groups excluding tert-OH is 1. The van der Waals surface area contributed by atoms with Gasteiger partial charge < -0.3 is 5.11 Å². The predicted octanol–water partition coefficient (Wildman–Crippen LogP) is 1.34. The minimum atomic E-state index is -0.00593. The van der Waals surface area contributed by atoms with Crippen molar-refractivity contribution in [1.82, 2.24) is 14.6 Å². The van der Waals surface area contributed by atoms with E-state index in [2.05, 4.69) is 23.9 Å². The van der Waals surface area contributed by atoms with Gasteiger partial charge in [-0.1, -0.05) is 13.8 Å². The summed E-state index contributed by atoms with van der Waals surface area (Å²) in [7, 11) is 0. The first-order valence-corrected chi connectivity index (χ1v) is 4.67. The number of nitrogens with zero attached hydrogens (tertiary/aromatic N) is 3. The monoisotopic (exact) mass is 191 g/mol. The second-order valence-electron chi connectivity index (χ2n) is 3.56. The number of hydrogen-bond acceptors (Lipinski definition) is 3. The highest BCUT2D eigenvalue weighted by atomic mass is 16.3. The van der Waals surface area contributed by atoms with Gasteiger partial charge in [-0.2, -0.15) is 5.10 Å². The Morgan fingerprint density at radius 2 is 2.29 bits per heavy atom. The Hall–Kier alpha value is -1.42. The lowest BCUT2D eigenvalue weighted by Gasteiger charge is -2.00. The molecule has 0 saturated heterocycles. The lowest BCUT2D eigenvalue weighted by Crippen LogP contribution is -1.94. The summed E-state index contributed by atoms with van der Waals surface area (Å²) in [6.07, 6.45) is 3.55. The number of fused-ring (bicyclic) bond motifs is 1. The second kappa shape index (κ2) is 3.38. The van der Waals surface area contributed by atoms with Crippen LogP contribution in [0.4, 0.5) is 0 Å². The first-order valence-electron chi connectivity index (χ1n) is 4.67. The van der Waals surface area contributed by atoms with Crippen LogP contribution in [0.3, 0.4) is 0 Å². The number of rotatable bonds is 2. The molecule has 4 heteroatoms. The van der Waals surface area contributed by atoms with Crippen molar-refractivity contribution in [3.8, 4) is 0 Å². The zero-order valence-electron chi connectivity index (χ0n) is 8.31. The van der Waals surface area contributed by atoms with Crippen LogP contribution in [0.2, 0.25) is 0 Å². The van der Waals surface area contributed by atoms with Gasteiger partial charge in [-0.25, -0.2) is 9.50 Å². The van der Waals surface area contributed by atoms with Crippen molar-refractivity contribution < 1.29 is 5.11 Å². The van der Waals surface area contributed by atoms with Crippen LogP contribution in [0.25, 0.3) is 5.65 Å². The van der Waals surface area contributed by atoms with Crippen LogP contribution in [0.15, 0.2) is 18.5 Å². The van der Waals surface area contributed by atoms with Crippen LogP contribution in [-0.2, 0) is 6.61 Å². The van der Waals surface area contributed by atoms with Gasteiger partial charge in [-0.15, -0.1) is 0 Å². The van der Waals surface area contributed by atoms with E-state index in [0.29, 0.717) is 5.92 Å². The second-order valence-corrected chi connectivity index (χ2v) is 3.56. The summed E-state index contributed by atoms with van der Waals surface area (Å²) < 4.78 is 1.71. The maximum absolute atomic E-state index is 9.26. The molecule has 0 bridgehead atoms. The van der Waals surface area contributed by atoms with Gasteiger partial charge in [0, 0.05) is 18.0 Å². The van der Waals surface area contributed by atoms with E-state index in [1.807, 2.05) is 12.3 Å². The van der Waals surface area contributed by atoms with Crippen LogP contribution >= 0.6 is 0 Å². The van der Waals surface area contributed by atoms with Crippen LogP contribution in [0, 0.1) is 0 Å². The molecule has 0 atom stereocenters. The first kappa shape index (κ1) is 9.15. The van der Waals surface area contributed by atoms with Crippen molar-refractivity contribution >= 4 is 5.65 Å². The minimum Gasteiger partial charge on any atom is -0.391 e. The number of aromatic nitrogens is 3. The van der Waals surface area contributed by atoms with E-state index in [9.17, 15) is 5.11 Å². The first-order chi connectivity index (χ1) is 6.74. The summed E-state index contributed by atoms with van der Waals surface area (Å²) in [5.74, 6) is 0.304. The third kappa shape index (κ3) is 1.28. The van der Waals surface area contributed by atoms with Crippen LogP contribution in [-0.4, -0.2) is 19.7 Å². The van der Waals surface area contributed by atoms with Gasteiger partial charge in [-0.3, -0.25) is 0 Å². The molecule has 2 rings (SSSR count). The summed E-state index contributed by atoms with van der Waals surface area (Å²) >= 11 is 0. The molecule has 74 valence electrons. The average Bonchev–Trinajstić information content (AvgIpc) is 2.56. The van der Waals surface area contributed by atoms with E-state index in [1.54, 1.807) is 10.7 Å². The molecule has 0 aliphatic heterocycles. The highest BCUT2D eigenvalue weighted by Gasteiger charge is 2.14. The molecule has 2 aromatic rings. The molecule has 0 spiro atoms. The average molecular weight is 191 g/mol. The zero-order valence-corrected chi connectivity index (χ0v) is 8.31. The molecule has 0 aliphatic rings. The summed E-state index contributed by atoms with van der Waals surface area (Å²) in [4.78, 5) is 4.20. The summed E-state index contributed by atoms with van der Waals surface area (Å²) in [6, 6.07) is 1.82. The molecule has 0 unspecified atom stereocenters. The van der Waals surface area contributed by atoms with E-state index < -0.39 is 0 Å². The Morgan fingerprint density at radius 3 is 2.93 bits per heavy atom. The lowest BCUT2D eigenvalue weighted by atomic mass is 10.1. The molecule has 1 N–H and O–H groups in total.